The molecule has 0 aliphatic carbocycles. The molecule has 23 heavy (non-hydrogen) atoms. The van der Waals surface area contributed by atoms with E-state index in [2.05, 4.69) is 10.6 Å². The summed E-state index contributed by atoms with van der Waals surface area (Å²) in [5, 5.41) is 5.88. The summed E-state index contributed by atoms with van der Waals surface area (Å²) in [7, 11) is 0. The van der Waals surface area contributed by atoms with Crippen LogP contribution in [0.2, 0.25) is 0 Å². The van der Waals surface area contributed by atoms with Crippen LogP contribution in [0.3, 0.4) is 0 Å². The fourth-order valence-corrected chi connectivity index (χ4v) is 2.89. The second-order valence-electron chi connectivity index (χ2n) is 5.79. The van der Waals surface area contributed by atoms with Crippen molar-refractivity contribution in [3.05, 3.63) is 24.0 Å². The molecule has 1 atom stereocenters. The van der Waals surface area contributed by atoms with Crippen LogP contribution >= 0.6 is 0 Å². The monoisotopic (exact) mass is 321 g/mol. The highest BCUT2D eigenvalue weighted by Crippen LogP contribution is 2.26. The van der Waals surface area contributed by atoms with E-state index in [0.29, 0.717) is 31.9 Å². The van der Waals surface area contributed by atoms with Crippen molar-refractivity contribution in [3.63, 3.8) is 0 Å². The van der Waals surface area contributed by atoms with Gasteiger partial charge in [0.25, 0.3) is 0 Å². The van der Waals surface area contributed by atoms with Crippen LogP contribution in [0.15, 0.2) is 18.2 Å². The molecule has 0 bridgehead atoms. The SMILES string of the molecule is O=C(CC1COCCN1)Nc1ccc(N2CCCC2=O)c(F)c1. The molecule has 0 radical (unpaired) electrons. The van der Waals surface area contributed by atoms with Gasteiger partial charge in [0.2, 0.25) is 11.8 Å². The highest BCUT2D eigenvalue weighted by molar-refractivity contribution is 5.96. The van der Waals surface area contributed by atoms with Crippen molar-refractivity contribution in [1.82, 2.24) is 5.32 Å². The molecule has 2 N–H and O–H groups in total. The van der Waals surface area contributed by atoms with Gasteiger partial charge in [0.15, 0.2) is 0 Å². The average Bonchev–Trinajstić information content (AvgIpc) is 2.94. The highest BCUT2D eigenvalue weighted by Gasteiger charge is 2.24. The van der Waals surface area contributed by atoms with Crippen LogP contribution in [0.1, 0.15) is 19.3 Å². The Bertz CT molecular complexity index is 602. The lowest BCUT2D eigenvalue weighted by Crippen LogP contribution is -2.43. The van der Waals surface area contributed by atoms with Gasteiger partial charge >= 0.3 is 0 Å². The summed E-state index contributed by atoms with van der Waals surface area (Å²) in [4.78, 5) is 25.1. The molecule has 3 rings (SSSR count). The van der Waals surface area contributed by atoms with E-state index in [4.69, 9.17) is 4.74 Å². The van der Waals surface area contributed by atoms with Crippen molar-refractivity contribution in [2.45, 2.75) is 25.3 Å². The van der Waals surface area contributed by atoms with E-state index in [1.165, 1.54) is 17.0 Å². The van der Waals surface area contributed by atoms with E-state index in [1.807, 2.05) is 0 Å². The molecule has 6 nitrogen and oxygen atoms in total. The second kappa shape index (κ2) is 7.06. The number of halogens is 1. The topological polar surface area (TPSA) is 70.7 Å². The molecule has 2 saturated heterocycles. The molecule has 2 aliphatic heterocycles. The van der Waals surface area contributed by atoms with Gasteiger partial charge in [0.05, 0.1) is 18.9 Å². The molecule has 1 unspecified atom stereocenters. The summed E-state index contributed by atoms with van der Waals surface area (Å²) in [5.74, 6) is -0.765. The molecular weight excluding hydrogens is 301 g/mol. The Morgan fingerprint density at radius 1 is 1.48 bits per heavy atom. The first-order valence-electron chi connectivity index (χ1n) is 7.84. The Labute approximate surface area is 134 Å². The summed E-state index contributed by atoms with van der Waals surface area (Å²) in [5.41, 5.74) is 0.660. The van der Waals surface area contributed by atoms with E-state index in [0.717, 1.165) is 13.0 Å². The number of carbonyl (C=O) groups excluding carboxylic acids is 2. The maximum Gasteiger partial charge on any atom is 0.227 e. The predicted octanol–water partition coefficient (Wildman–Crippen LogP) is 1.27. The van der Waals surface area contributed by atoms with Gasteiger partial charge in [-0.1, -0.05) is 0 Å². The summed E-state index contributed by atoms with van der Waals surface area (Å²) < 4.78 is 19.5. The fourth-order valence-electron chi connectivity index (χ4n) is 2.89. The highest BCUT2D eigenvalue weighted by atomic mass is 19.1. The number of benzene rings is 1. The predicted molar refractivity (Wildman–Crippen MR) is 83.8 cm³/mol. The number of morpholine rings is 1. The van der Waals surface area contributed by atoms with Gasteiger partial charge in [-0.2, -0.15) is 0 Å². The molecule has 0 spiro atoms. The molecule has 2 fully saturated rings. The largest absolute Gasteiger partial charge is 0.378 e. The molecule has 0 saturated carbocycles. The van der Waals surface area contributed by atoms with Gasteiger partial charge < -0.3 is 20.3 Å². The minimum Gasteiger partial charge on any atom is -0.378 e. The number of anilines is 2. The number of hydrogen-bond donors (Lipinski definition) is 2. The van der Waals surface area contributed by atoms with Crippen molar-refractivity contribution in [1.29, 1.82) is 0 Å². The number of nitrogens with one attached hydrogen (secondary N) is 2. The van der Waals surface area contributed by atoms with Crippen molar-refractivity contribution >= 4 is 23.2 Å². The molecule has 2 heterocycles. The molecular formula is C16H20FN3O3. The summed E-state index contributed by atoms with van der Waals surface area (Å²) in [6.07, 6.45) is 1.47. The second-order valence-corrected chi connectivity index (χ2v) is 5.79. The van der Waals surface area contributed by atoms with Crippen LogP contribution in [0.4, 0.5) is 15.8 Å². The van der Waals surface area contributed by atoms with Crippen LogP contribution < -0.4 is 15.5 Å². The summed E-state index contributed by atoms with van der Waals surface area (Å²) in [6.45, 7) is 2.41. The van der Waals surface area contributed by atoms with E-state index in [1.54, 1.807) is 6.07 Å². The van der Waals surface area contributed by atoms with Crippen LogP contribution in [0.5, 0.6) is 0 Å². The maximum absolute atomic E-state index is 14.2. The lowest BCUT2D eigenvalue weighted by molar-refractivity contribution is -0.118. The number of amides is 2. The van der Waals surface area contributed by atoms with Crippen molar-refractivity contribution in [3.8, 4) is 0 Å². The lowest BCUT2D eigenvalue weighted by atomic mass is 10.2. The molecule has 1 aromatic carbocycles. The number of nitrogens with zero attached hydrogens (tertiary/aromatic N) is 1. The van der Waals surface area contributed by atoms with Crippen molar-refractivity contribution in [2.24, 2.45) is 0 Å². The number of rotatable bonds is 4. The first-order chi connectivity index (χ1) is 11.1. The Hall–Kier alpha value is -1.99. The Balaban J connectivity index is 1.61. The van der Waals surface area contributed by atoms with Crippen LogP contribution in [0, 0.1) is 5.82 Å². The molecule has 0 aromatic heterocycles. The van der Waals surface area contributed by atoms with Crippen molar-refractivity contribution in [2.75, 3.05) is 36.5 Å². The third-order valence-corrected chi connectivity index (χ3v) is 4.03. The number of hydrogen-bond acceptors (Lipinski definition) is 4. The average molecular weight is 321 g/mol. The first kappa shape index (κ1) is 15.9. The zero-order valence-corrected chi connectivity index (χ0v) is 12.8. The normalized spacial score (nSPS) is 21.5. The summed E-state index contributed by atoms with van der Waals surface area (Å²) >= 11 is 0. The third-order valence-electron chi connectivity index (χ3n) is 4.03. The van der Waals surface area contributed by atoms with Gasteiger partial charge in [0, 0.05) is 37.7 Å². The fraction of sp³-hybridized carbons (Fsp3) is 0.500. The van der Waals surface area contributed by atoms with Gasteiger partial charge in [-0.3, -0.25) is 9.59 Å². The Kier molecular flexibility index (Phi) is 4.88. The van der Waals surface area contributed by atoms with Crippen LogP contribution in [-0.4, -0.2) is 44.2 Å². The molecule has 1 aromatic rings. The Morgan fingerprint density at radius 2 is 2.35 bits per heavy atom. The molecule has 2 aliphatic rings. The van der Waals surface area contributed by atoms with E-state index >= 15 is 0 Å². The van der Waals surface area contributed by atoms with Gasteiger partial charge in [-0.05, 0) is 24.6 Å². The van der Waals surface area contributed by atoms with Crippen molar-refractivity contribution < 1.29 is 18.7 Å². The minimum absolute atomic E-state index is 0.0184. The Morgan fingerprint density at radius 3 is 3.00 bits per heavy atom. The molecule has 7 heteroatoms. The summed E-state index contributed by atoms with van der Waals surface area (Å²) in [6, 6.07) is 4.39. The zero-order valence-electron chi connectivity index (χ0n) is 12.8. The van der Waals surface area contributed by atoms with E-state index in [9.17, 15) is 14.0 Å². The van der Waals surface area contributed by atoms with Gasteiger partial charge in [0.1, 0.15) is 5.82 Å². The zero-order chi connectivity index (χ0) is 16.2. The van der Waals surface area contributed by atoms with E-state index < -0.39 is 5.82 Å². The quantitative estimate of drug-likeness (QED) is 0.876. The van der Waals surface area contributed by atoms with Gasteiger partial charge in [-0.15, -0.1) is 0 Å². The lowest BCUT2D eigenvalue weighted by Gasteiger charge is -2.23. The number of carbonyl (C=O) groups is 2. The smallest absolute Gasteiger partial charge is 0.227 e. The first-order valence-corrected chi connectivity index (χ1v) is 7.84. The van der Waals surface area contributed by atoms with E-state index in [-0.39, 0.29) is 30.0 Å². The number of ether oxygens (including phenoxy) is 1. The molecule has 124 valence electrons. The standard InChI is InChI=1S/C16H20FN3O3/c17-13-8-11(3-4-14(13)20-6-1-2-16(20)22)19-15(21)9-12-10-23-7-5-18-12/h3-4,8,12,18H,1-2,5-7,9-10H2,(H,19,21). The molecule has 2 amide bonds. The third kappa shape index (κ3) is 3.86. The maximum atomic E-state index is 14.2. The van der Waals surface area contributed by atoms with Gasteiger partial charge in [-0.25, -0.2) is 4.39 Å². The van der Waals surface area contributed by atoms with Crippen LogP contribution in [-0.2, 0) is 14.3 Å². The minimum atomic E-state index is -0.503. The van der Waals surface area contributed by atoms with Crippen LogP contribution in [0.25, 0.3) is 0 Å².